The maximum atomic E-state index is 11.9. The number of hydrogen-bond acceptors (Lipinski definition) is 5. The molecule has 0 radical (unpaired) electrons. The molecule has 0 aliphatic heterocycles. The normalized spacial score (nSPS) is 13.3. The molecule has 3 rings (SSSR count). The predicted molar refractivity (Wildman–Crippen MR) is 80.3 cm³/mol. The highest BCUT2D eigenvalue weighted by Crippen LogP contribution is 2.27. The van der Waals surface area contributed by atoms with Crippen molar-refractivity contribution in [2.24, 2.45) is 0 Å². The SMILES string of the molecule is O=C(COc1ccnc2c1CCCC2)NCc1cnccn1. The van der Waals surface area contributed by atoms with Crippen LogP contribution < -0.4 is 10.1 Å². The van der Waals surface area contributed by atoms with E-state index in [1.807, 2.05) is 6.07 Å². The van der Waals surface area contributed by atoms with Gasteiger partial charge in [-0.1, -0.05) is 0 Å². The summed E-state index contributed by atoms with van der Waals surface area (Å²) in [5, 5.41) is 2.77. The number of aryl methyl sites for hydroxylation is 1. The Balaban J connectivity index is 1.53. The predicted octanol–water partition coefficient (Wildman–Crippen LogP) is 1.45. The van der Waals surface area contributed by atoms with Gasteiger partial charge in [0.1, 0.15) is 5.75 Å². The molecule has 22 heavy (non-hydrogen) atoms. The topological polar surface area (TPSA) is 77.0 Å². The lowest BCUT2D eigenvalue weighted by molar-refractivity contribution is -0.123. The van der Waals surface area contributed by atoms with Crippen LogP contribution in [-0.4, -0.2) is 27.5 Å². The van der Waals surface area contributed by atoms with Crippen LogP contribution in [0, 0.1) is 0 Å². The number of fused-ring (bicyclic) bond motifs is 1. The summed E-state index contributed by atoms with van der Waals surface area (Å²) in [5.41, 5.74) is 2.97. The average molecular weight is 298 g/mol. The highest BCUT2D eigenvalue weighted by atomic mass is 16.5. The fraction of sp³-hybridized carbons (Fsp3) is 0.375. The molecule has 1 aliphatic carbocycles. The standard InChI is InChI=1S/C16H18N4O2/c21-16(20-10-12-9-17-7-8-18-12)11-22-15-5-6-19-14-4-2-1-3-13(14)15/h5-9H,1-4,10-11H2,(H,20,21). The van der Waals surface area contributed by atoms with E-state index >= 15 is 0 Å². The van der Waals surface area contributed by atoms with Gasteiger partial charge < -0.3 is 10.1 Å². The molecule has 114 valence electrons. The minimum atomic E-state index is -0.174. The van der Waals surface area contributed by atoms with Crippen molar-refractivity contribution in [3.05, 3.63) is 47.8 Å². The van der Waals surface area contributed by atoms with Crippen molar-refractivity contribution >= 4 is 5.91 Å². The van der Waals surface area contributed by atoms with Crippen LogP contribution in [0.1, 0.15) is 29.8 Å². The van der Waals surface area contributed by atoms with E-state index < -0.39 is 0 Å². The van der Waals surface area contributed by atoms with Crippen molar-refractivity contribution in [1.82, 2.24) is 20.3 Å². The van der Waals surface area contributed by atoms with Crippen LogP contribution in [0.3, 0.4) is 0 Å². The largest absolute Gasteiger partial charge is 0.483 e. The van der Waals surface area contributed by atoms with Gasteiger partial charge in [0.05, 0.1) is 18.4 Å². The number of amides is 1. The lowest BCUT2D eigenvalue weighted by Crippen LogP contribution is -2.29. The van der Waals surface area contributed by atoms with Gasteiger partial charge in [-0.3, -0.25) is 19.7 Å². The molecule has 0 unspecified atom stereocenters. The van der Waals surface area contributed by atoms with E-state index in [0.717, 1.165) is 42.0 Å². The molecular formula is C16H18N4O2. The second kappa shape index (κ2) is 6.98. The van der Waals surface area contributed by atoms with E-state index in [-0.39, 0.29) is 12.5 Å². The van der Waals surface area contributed by atoms with Crippen molar-refractivity contribution in [2.75, 3.05) is 6.61 Å². The molecule has 6 heteroatoms. The van der Waals surface area contributed by atoms with Crippen LogP contribution in [-0.2, 0) is 24.2 Å². The Labute approximate surface area is 129 Å². The highest BCUT2D eigenvalue weighted by Gasteiger charge is 2.15. The van der Waals surface area contributed by atoms with E-state index in [1.165, 1.54) is 6.42 Å². The Hall–Kier alpha value is -2.50. The van der Waals surface area contributed by atoms with Gasteiger partial charge >= 0.3 is 0 Å². The molecule has 1 amide bonds. The van der Waals surface area contributed by atoms with E-state index in [2.05, 4.69) is 20.3 Å². The molecule has 0 atom stereocenters. The molecule has 0 fully saturated rings. The van der Waals surface area contributed by atoms with Gasteiger partial charge in [-0.05, 0) is 31.7 Å². The number of carbonyl (C=O) groups excluding carboxylic acids is 1. The monoisotopic (exact) mass is 298 g/mol. The van der Waals surface area contributed by atoms with Crippen molar-refractivity contribution in [1.29, 1.82) is 0 Å². The number of nitrogens with zero attached hydrogens (tertiary/aromatic N) is 3. The van der Waals surface area contributed by atoms with Crippen LogP contribution >= 0.6 is 0 Å². The first-order valence-corrected chi connectivity index (χ1v) is 7.44. The van der Waals surface area contributed by atoms with Crippen molar-refractivity contribution in [3.8, 4) is 5.75 Å². The third kappa shape index (κ3) is 3.58. The van der Waals surface area contributed by atoms with Gasteiger partial charge in [-0.15, -0.1) is 0 Å². The van der Waals surface area contributed by atoms with Crippen LogP contribution in [0.5, 0.6) is 5.75 Å². The average Bonchev–Trinajstić information content (AvgIpc) is 2.59. The second-order valence-electron chi connectivity index (χ2n) is 5.20. The lowest BCUT2D eigenvalue weighted by Gasteiger charge is -2.18. The Morgan fingerprint density at radius 1 is 1.18 bits per heavy atom. The Morgan fingerprint density at radius 2 is 2.09 bits per heavy atom. The molecule has 6 nitrogen and oxygen atoms in total. The summed E-state index contributed by atoms with van der Waals surface area (Å²) >= 11 is 0. The molecule has 2 aromatic heterocycles. The van der Waals surface area contributed by atoms with Gasteiger partial charge in [0.2, 0.25) is 0 Å². The third-order valence-corrected chi connectivity index (χ3v) is 3.63. The highest BCUT2D eigenvalue weighted by molar-refractivity contribution is 5.77. The molecule has 2 heterocycles. The maximum Gasteiger partial charge on any atom is 0.258 e. The summed E-state index contributed by atoms with van der Waals surface area (Å²) in [6.07, 6.45) is 10.8. The van der Waals surface area contributed by atoms with Crippen molar-refractivity contribution in [2.45, 2.75) is 32.2 Å². The zero-order valence-corrected chi connectivity index (χ0v) is 12.3. The molecule has 0 aromatic carbocycles. The van der Waals surface area contributed by atoms with E-state index in [1.54, 1.807) is 24.8 Å². The van der Waals surface area contributed by atoms with Crippen LogP contribution in [0.25, 0.3) is 0 Å². The summed E-state index contributed by atoms with van der Waals surface area (Å²) in [5.74, 6) is 0.603. The number of pyridine rings is 1. The molecule has 1 aliphatic rings. The first-order chi connectivity index (χ1) is 10.8. The number of carbonyl (C=O) groups is 1. The molecule has 0 spiro atoms. The molecule has 2 aromatic rings. The number of rotatable bonds is 5. The minimum absolute atomic E-state index is 0.00326. The summed E-state index contributed by atoms with van der Waals surface area (Å²) in [6.45, 7) is 0.348. The van der Waals surface area contributed by atoms with Gasteiger partial charge in [0, 0.05) is 29.8 Å². The van der Waals surface area contributed by atoms with E-state index in [4.69, 9.17) is 4.74 Å². The van der Waals surface area contributed by atoms with Crippen LogP contribution in [0.4, 0.5) is 0 Å². The first-order valence-electron chi connectivity index (χ1n) is 7.44. The fourth-order valence-electron chi connectivity index (χ4n) is 2.53. The summed E-state index contributed by atoms with van der Waals surface area (Å²) in [4.78, 5) is 24.3. The smallest absolute Gasteiger partial charge is 0.258 e. The number of aromatic nitrogens is 3. The molecule has 0 saturated carbocycles. The summed E-state index contributed by atoms with van der Waals surface area (Å²) in [6, 6.07) is 1.83. The summed E-state index contributed by atoms with van der Waals surface area (Å²) in [7, 11) is 0. The minimum Gasteiger partial charge on any atom is -0.483 e. The van der Waals surface area contributed by atoms with Gasteiger partial charge in [0.25, 0.3) is 5.91 Å². The Bertz CT molecular complexity index is 646. The lowest BCUT2D eigenvalue weighted by atomic mass is 9.95. The first kappa shape index (κ1) is 14.4. The van der Waals surface area contributed by atoms with E-state index in [9.17, 15) is 4.79 Å². The maximum absolute atomic E-state index is 11.9. The Morgan fingerprint density at radius 3 is 2.95 bits per heavy atom. The van der Waals surface area contributed by atoms with Crippen LogP contribution in [0.15, 0.2) is 30.9 Å². The number of hydrogen-bond donors (Lipinski definition) is 1. The molecule has 1 N–H and O–H groups in total. The zero-order valence-electron chi connectivity index (χ0n) is 12.3. The second-order valence-corrected chi connectivity index (χ2v) is 5.20. The van der Waals surface area contributed by atoms with Gasteiger partial charge in [0.15, 0.2) is 6.61 Å². The quantitative estimate of drug-likeness (QED) is 0.904. The molecular weight excluding hydrogens is 280 g/mol. The van der Waals surface area contributed by atoms with Crippen molar-refractivity contribution < 1.29 is 9.53 Å². The van der Waals surface area contributed by atoms with Gasteiger partial charge in [-0.25, -0.2) is 0 Å². The summed E-state index contributed by atoms with van der Waals surface area (Å²) < 4.78 is 5.67. The molecule has 0 saturated heterocycles. The number of nitrogens with one attached hydrogen (secondary N) is 1. The third-order valence-electron chi connectivity index (χ3n) is 3.63. The van der Waals surface area contributed by atoms with Crippen LogP contribution in [0.2, 0.25) is 0 Å². The zero-order chi connectivity index (χ0) is 15.2. The number of ether oxygens (including phenoxy) is 1. The molecule has 0 bridgehead atoms. The fourth-order valence-corrected chi connectivity index (χ4v) is 2.53. The van der Waals surface area contributed by atoms with Gasteiger partial charge in [-0.2, -0.15) is 0 Å². The van der Waals surface area contributed by atoms with E-state index in [0.29, 0.717) is 6.54 Å². The van der Waals surface area contributed by atoms with Crippen molar-refractivity contribution in [3.63, 3.8) is 0 Å². The Kier molecular flexibility index (Phi) is 4.58.